The summed E-state index contributed by atoms with van der Waals surface area (Å²) < 4.78 is 12.1. The van der Waals surface area contributed by atoms with Gasteiger partial charge in [0, 0.05) is 38.2 Å². The van der Waals surface area contributed by atoms with Crippen molar-refractivity contribution in [3.8, 4) is 45.4 Å². The first-order chi connectivity index (χ1) is 34.9. The van der Waals surface area contributed by atoms with Crippen LogP contribution in [0.4, 0.5) is 0 Å². The third-order valence-electron chi connectivity index (χ3n) is 13.7. The highest BCUT2D eigenvalue weighted by atomic mass is 35.5. The Labute approximate surface area is 422 Å². The Hall–Kier alpha value is -8.21. The zero-order valence-electron chi connectivity index (χ0n) is 40.1. The third kappa shape index (κ3) is 9.06. The first-order valence-corrected chi connectivity index (χ1v) is 24.2. The average molecular weight is 959 g/mol. The summed E-state index contributed by atoms with van der Waals surface area (Å²) in [6, 6.07) is 68.1. The van der Waals surface area contributed by atoms with Crippen LogP contribution in [0.5, 0.6) is 11.5 Å². The highest BCUT2D eigenvalue weighted by molar-refractivity contribution is 6.62. The van der Waals surface area contributed by atoms with Gasteiger partial charge in [0.25, 0.3) is 0 Å². The van der Waals surface area contributed by atoms with Gasteiger partial charge >= 0.3 is 7.12 Å². The second kappa shape index (κ2) is 18.8. The van der Waals surface area contributed by atoms with Gasteiger partial charge in [-0.3, -0.25) is 0 Å². The summed E-state index contributed by atoms with van der Waals surface area (Å²) >= 11 is 6.15. The molecule has 0 saturated carbocycles. The molecule has 1 aliphatic rings. The lowest BCUT2D eigenvalue weighted by atomic mass is 9.78. The molecule has 1 saturated heterocycles. The van der Waals surface area contributed by atoms with E-state index >= 15 is 0 Å². The van der Waals surface area contributed by atoms with Crippen LogP contribution in [0.2, 0.25) is 5.28 Å². The molecule has 0 bridgehead atoms. The van der Waals surface area contributed by atoms with Crippen LogP contribution in [-0.4, -0.2) is 48.5 Å². The van der Waals surface area contributed by atoms with Gasteiger partial charge in [0.1, 0.15) is 11.5 Å². The first-order valence-electron chi connectivity index (χ1n) is 23.8. The lowest BCUT2D eigenvalue weighted by Crippen LogP contribution is -2.41. The second-order valence-electron chi connectivity index (χ2n) is 19.0. The molecule has 0 radical (unpaired) electrons. The maximum Gasteiger partial charge on any atom is 0.494 e. The normalized spacial score (nSPS) is 13.8. The van der Waals surface area contributed by atoms with Crippen LogP contribution in [-0.2, 0) is 9.31 Å². The minimum absolute atomic E-state index is 0.264. The molecule has 3 heterocycles. The van der Waals surface area contributed by atoms with Crippen molar-refractivity contribution in [3.63, 3.8) is 0 Å². The van der Waals surface area contributed by atoms with E-state index in [1.54, 1.807) is 24.3 Å². The van der Waals surface area contributed by atoms with Gasteiger partial charge in [0.2, 0.25) is 5.28 Å². The van der Waals surface area contributed by atoms with Crippen LogP contribution >= 0.6 is 11.6 Å². The summed E-state index contributed by atoms with van der Waals surface area (Å²) in [5, 5.41) is 30.2. The number of benzene rings is 10. The summed E-state index contributed by atoms with van der Waals surface area (Å²) in [4.78, 5) is 18.9. The number of rotatable bonds is 4. The molecule has 12 aromatic rings. The number of hydrogen-bond donors (Lipinski definition) is 2. The van der Waals surface area contributed by atoms with Crippen molar-refractivity contribution >= 4 is 89.1 Å². The molecule has 1 aliphatic heterocycles. The maximum atomic E-state index is 9.77. The molecule has 0 amide bonds. The van der Waals surface area contributed by atoms with Gasteiger partial charge < -0.3 is 19.5 Å². The minimum Gasteiger partial charge on any atom is -0.508 e. The van der Waals surface area contributed by atoms with E-state index < -0.39 is 0 Å². The molecule has 0 unspecified atom stereocenters. The summed E-state index contributed by atoms with van der Waals surface area (Å²) in [5.41, 5.74) is 7.04. The summed E-state index contributed by atoms with van der Waals surface area (Å²) in [7, 11) is -0.349. The molecule has 2 N–H and O–H groups in total. The number of aromatic nitrogens is 4. The van der Waals surface area contributed by atoms with Crippen molar-refractivity contribution < 1.29 is 19.5 Å². The van der Waals surface area contributed by atoms with E-state index in [-0.39, 0.29) is 35.1 Å². The molecule has 2 aromatic heterocycles. The number of halogens is 1. The van der Waals surface area contributed by atoms with Crippen molar-refractivity contribution in [2.45, 2.75) is 38.9 Å². The molecule has 350 valence electrons. The molecule has 1 fully saturated rings. The van der Waals surface area contributed by atoms with E-state index in [0.29, 0.717) is 5.82 Å². The van der Waals surface area contributed by atoms with Crippen molar-refractivity contribution in [1.29, 1.82) is 0 Å². The molecule has 13 rings (SSSR count). The zero-order chi connectivity index (χ0) is 49.6. The fraction of sp³-hybridized carbons (Fsp3) is 0.0968. The van der Waals surface area contributed by atoms with Crippen LogP contribution in [0, 0.1) is 0 Å². The monoisotopic (exact) mass is 958 g/mol. The van der Waals surface area contributed by atoms with E-state index in [4.69, 9.17) is 30.9 Å². The predicted octanol–water partition coefficient (Wildman–Crippen LogP) is 14.9. The molecular weight excluding hydrogens is 911 g/mol. The number of hydrogen-bond acceptors (Lipinski definition) is 8. The van der Waals surface area contributed by atoms with Crippen LogP contribution in [0.1, 0.15) is 27.7 Å². The predicted molar refractivity (Wildman–Crippen MR) is 296 cm³/mol. The van der Waals surface area contributed by atoms with E-state index in [9.17, 15) is 10.2 Å². The van der Waals surface area contributed by atoms with Gasteiger partial charge in [-0.1, -0.05) is 164 Å². The average Bonchev–Trinajstić information content (AvgIpc) is 3.63. The SMILES string of the molecule is CC1(C)OB(c2ccc3cc(O)ccc3c2)OC1(C)C.Clc1nc(-c2ccccc2)c2ccc3ccccc3c2n1.Oc1ccc2cc(-c3nc(-c4ccccc4)c4ccc5ccccc5c4n3)ccc2c1. The largest absolute Gasteiger partial charge is 0.508 e. The Morgan fingerprint density at radius 1 is 0.389 bits per heavy atom. The van der Waals surface area contributed by atoms with Crippen LogP contribution < -0.4 is 5.46 Å². The molecule has 10 heteroatoms. The lowest BCUT2D eigenvalue weighted by molar-refractivity contribution is 0.00578. The zero-order valence-corrected chi connectivity index (χ0v) is 40.8. The molecule has 10 aromatic carbocycles. The number of nitrogens with zero attached hydrogens (tertiary/aromatic N) is 4. The van der Waals surface area contributed by atoms with Crippen molar-refractivity contribution in [2.24, 2.45) is 0 Å². The number of aromatic hydroxyl groups is 2. The molecule has 72 heavy (non-hydrogen) atoms. The van der Waals surface area contributed by atoms with E-state index in [1.165, 1.54) is 0 Å². The Balaban J connectivity index is 0.000000121. The second-order valence-corrected chi connectivity index (χ2v) is 19.3. The van der Waals surface area contributed by atoms with Gasteiger partial charge in [-0.05, 0) is 120 Å². The topological polar surface area (TPSA) is 110 Å². The number of fused-ring (bicyclic) bond motifs is 8. The van der Waals surface area contributed by atoms with Crippen LogP contribution in [0.3, 0.4) is 0 Å². The summed E-state index contributed by atoms with van der Waals surface area (Å²) in [5.74, 6) is 1.23. The quantitative estimate of drug-likeness (QED) is 0.102. The maximum absolute atomic E-state index is 9.77. The van der Waals surface area contributed by atoms with Crippen LogP contribution in [0.25, 0.3) is 98.8 Å². The Kier molecular flexibility index (Phi) is 12.1. The highest BCUT2D eigenvalue weighted by Gasteiger charge is 2.51. The summed E-state index contributed by atoms with van der Waals surface area (Å²) in [6.45, 7) is 8.19. The van der Waals surface area contributed by atoms with E-state index in [1.807, 2.05) is 137 Å². The minimum atomic E-state index is -0.349. The lowest BCUT2D eigenvalue weighted by Gasteiger charge is -2.32. The molecule has 8 nitrogen and oxygen atoms in total. The summed E-state index contributed by atoms with van der Waals surface area (Å²) in [6.07, 6.45) is 0. The van der Waals surface area contributed by atoms with E-state index in [0.717, 1.165) is 98.4 Å². The smallest absolute Gasteiger partial charge is 0.494 e. The van der Waals surface area contributed by atoms with Gasteiger partial charge in [0.15, 0.2) is 5.82 Å². The van der Waals surface area contributed by atoms with Crippen molar-refractivity contribution in [1.82, 2.24) is 19.9 Å². The van der Waals surface area contributed by atoms with Crippen molar-refractivity contribution in [3.05, 3.63) is 212 Å². The molecule has 0 atom stereocenters. The van der Waals surface area contributed by atoms with Gasteiger partial charge in [-0.2, -0.15) is 0 Å². The molecular formula is C62H48BClN4O4. The van der Waals surface area contributed by atoms with Gasteiger partial charge in [0.05, 0.1) is 33.6 Å². The van der Waals surface area contributed by atoms with Crippen molar-refractivity contribution in [2.75, 3.05) is 0 Å². The standard InChI is InChI=1S/C28H18N2O.C18H11ClN2.C16H19BO3/c31-23-14-12-20-16-22(11-10-21(20)17-23)28-29-26(19-7-2-1-3-8-19)25-15-13-18-6-4-5-9-24(18)27(25)30-28;19-18-20-16(13-7-2-1-3-8-13)15-11-10-12-6-4-5-9-14(12)17(15)21-18;1-15(2)16(3,4)20-17(19-15)13-7-5-12-10-14(18)8-6-11(12)9-13/h1-17,31H;1-11H;5-10,18H,1-4H3. The van der Waals surface area contributed by atoms with Gasteiger partial charge in [-0.15, -0.1) is 0 Å². The van der Waals surface area contributed by atoms with E-state index in [2.05, 4.69) is 82.8 Å². The Morgan fingerprint density at radius 3 is 1.40 bits per heavy atom. The number of phenols is 2. The Morgan fingerprint density at radius 2 is 0.833 bits per heavy atom. The first kappa shape index (κ1) is 46.2. The van der Waals surface area contributed by atoms with Gasteiger partial charge in [-0.25, -0.2) is 19.9 Å². The fourth-order valence-electron chi connectivity index (χ4n) is 9.21. The third-order valence-corrected chi connectivity index (χ3v) is 13.9. The molecule has 0 aliphatic carbocycles. The Bertz CT molecular complexity index is 3990. The van der Waals surface area contributed by atoms with Crippen LogP contribution in [0.15, 0.2) is 206 Å². The molecule has 0 spiro atoms. The highest BCUT2D eigenvalue weighted by Crippen LogP contribution is 2.38. The number of phenolic OH excluding ortho intramolecular Hbond substituents is 2. The fourth-order valence-corrected chi connectivity index (χ4v) is 9.38.